The summed E-state index contributed by atoms with van der Waals surface area (Å²) in [7, 11) is -1.24. The van der Waals surface area contributed by atoms with Crippen molar-refractivity contribution in [3.8, 4) is 0 Å². The summed E-state index contributed by atoms with van der Waals surface area (Å²) in [6.07, 6.45) is 0.499. The molecule has 0 amide bonds. The first kappa shape index (κ1) is 17.4. The second-order valence-electron chi connectivity index (χ2n) is 6.99. The average molecular weight is 298 g/mol. The Balaban J connectivity index is 3.38. The van der Waals surface area contributed by atoms with Crippen molar-refractivity contribution in [3.05, 3.63) is 11.3 Å². The van der Waals surface area contributed by atoms with Gasteiger partial charge in [0, 0.05) is 19.5 Å². The summed E-state index contributed by atoms with van der Waals surface area (Å²) in [6, 6.07) is 0. The van der Waals surface area contributed by atoms with Gasteiger partial charge in [-0.15, -0.1) is 0 Å². The Kier molecular flexibility index (Phi) is 5.25. The summed E-state index contributed by atoms with van der Waals surface area (Å²) in [6.45, 7) is 19.0. The van der Waals surface area contributed by atoms with Crippen molar-refractivity contribution >= 4 is 14.8 Å². The Bertz CT molecular complexity index is 405. The van der Waals surface area contributed by atoms with Crippen LogP contribution in [0, 0.1) is 5.41 Å². The fourth-order valence-corrected chi connectivity index (χ4v) is 4.75. The zero-order chi connectivity index (χ0) is 15.7. The van der Waals surface area contributed by atoms with Gasteiger partial charge >= 0.3 is 0 Å². The number of rotatable bonds is 5. The SMILES string of the molecule is CCN(CC)C1=C(C)[C@](O[SiH](C)C)(C(C)(C)C)CC1=O. The summed E-state index contributed by atoms with van der Waals surface area (Å²) in [5, 5.41) is 0. The van der Waals surface area contributed by atoms with Crippen molar-refractivity contribution in [1.29, 1.82) is 0 Å². The number of Topliss-reactive ketones (excluding diaryl/α,β-unsaturated/α-hetero) is 1. The van der Waals surface area contributed by atoms with Crippen molar-refractivity contribution in [3.63, 3.8) is 0 Å². The third kappa shape index (κ3) is 2.86. The lowest BCUT2D eigenvalue weighted by Crippen LogP contribution is -2.48. The van der Waals surface area contributed by atoms with Gasteiger partial charge in [-0.25, -0.2) is 0 Å². The maximum atomic E-state index is 12.6. The Morgan fingerprint density at radius 1 is 1.25 bits per heavy atom. The normalized spacial score (nSPS) is 23.9. The summed E-state index contributed by atoms with van der Waals surface area (Å²) >= 11 is 0. The van der Waals surface area contributed by atoms with Crippen LogP contribution in [0.5, 0.6) is 0 Å². The number of likely N-dealkylation sites (N-methyl/N-ethyl adjacent to an activating group) is 1. The quantitative estimate of drug-likeness (QED) is 0.729. The van der Waals surface area contributed by atoms with E-state index in [9.17, 15) is 4.79 Å². The third-order valence-corrected chi connectivity index (χ3v) is 5.24. The monoisotopic (exact) mass is 297 g/mol. The lowest BCUT2D eigenvalue weighted by molar-refractivity contribution is -0.120. The lowest BCUT2D eigenvalue weighted by Gasteiger charge is -2.44. The molecule has 0 saturated carbocycles. The Morgan fingerprint density at radius 2 is 1.75 bits per heavy atom. The van der Waals surface area contributed by atoms with E-state index in [4.69, 9.17) is 4.43 Å². The van der Waals surface area contributed by atoms with Crippen molar-refractivity contribution in [2.24, 2.45) is 5.41 Å². The summed E-state index contributed by atoms with van der Waals surface area (Å²) in [5.41, 5.74) is 1.56. The smallest absolute Gasteiger partial charge is 0.182 e. The molecule has 0 unspecified atom stereocenters. The van der Waals surface area contributed by atoms with E-state index >= 15 is 0 Å². The average Bonchev–Trinajstić information content (AvgIpc) is 2.54. The van der Waals surface area contributed by atoms with Crippen LogP contribution in [0.15, 0.2) is 11.3 Å². The first-order chi connectivity index (χ1) is 9.10. The largest absolute Gasteiger partial charge is 0.410 e. The molecule has 1 aliphatic rings. The summed E-state index contributed by atoms with van der Waals surface area (Å²) in [5.74, 6) is 0.246. The molecule has 0 heterocycles. The van der Waals surface area contributed by atoms with E-state index in [1.165, 1.54) is 0 Å². The Hall–Kier alpha value is -0.613. The standard InChI is InChI=1S/C16H31NO2Si/c1-9-17(10-2)14-12(3)16(11-13(14)18,15(4,5)6)19-20(7)8/h20H,9-11H2,1-8H3/t16-/m0/s1. The second kappa shape index (κ2) is 6.02. The van der Waals surface area contributed by atoms with Crippen LogP contribution in [-0.4, -0.2) is 38.4 Å². The van der Waals surface area contributed by atoms with E-state index in [0.29, 0.717) is 6.42 Å². The maximum absolute atomic E-state index is 12.6. The lowest BCUT2D eigenvalue weighted by atomic mass is 9.73. The van der Waals surface area contributed by atoms with E-state index in [1.807, 2.05) is 0 Å². The van der Waals surface area contributed by atoms with Crippen molar-refractivity contribution in [2.75, 3.05) is 13.1 Å². The molecule has 0 saturated heterocycles. The first-order valence-electron chi connectivity index (χ1n) is 7.78. The zero-order valence-electron chi connectivity index (χ0n) is 14.5. The number of hydrogen-bond acceptors (Lipinski definition) is 3. The Morgan fingerprint density at radius 3 is 2.10 bits per heavy atom. The predicted octanol–water partition coefficient (Wildman–Crippen LogP) is 3.36. The van der Waals surface area contributed by atoms with Crippen molar-refractivity contribution in [2.45, 2.75) is 66.7 Å². The second-order valence-corrected chi connectivity index (χ2v) is 9.32. The topological polar surface area (TPSA) is 29.5 Å². The zero-order valence-corrected chi connectivity index (χ0v) is 15.6. The minimum atomic E-state index is -1.24. The molecule has 0 fully saturated rings. The number of hydrogen-bond donors (Lipinski definition) is 0. The molecule has 0 N–H and O–H groups in total. The van der Waals surface area contributed by atoms with Crippen LogP contribution in [0.3, 0.4) is 0 Å². The van der Waals surface area contributed by atoms with Gasteiger partial charge in [0.1, 0.15) is 0 Å². The number of carbonyl (C=O) groups excluding carboxylic acids is 1. The van der Waals surface area contributed by atoms with Crippen LogP contribution in [0.4, 0.5) is 0 Å². The van der Waals surface area contributed by atoms with Gasteiger partial charge < -0.3 is 9.33 Å². The first-order valence-corrected chi connectivity index (χ1v) is 10.6. The van der Waals surface area contributed by atoms with Crippen LogP contribution in [-0.2, 0) is 9.22 Å². The molecule has 0 spiro atoms. The molecule has 0 radical (unpaired) electrons. The summed E-state index contributed by atoms with van der Waals surface area (Å²) in [4.78, 5) is 14.8. The molecule has 1 atom stereocenters. The van der Waals surface area contributed by atoms with E-state index in [0.717, 1.165) is 24.4 Å². The van der Waals surface area contributed by atoms with Crippen molar-refractivity contribution < 1.29 is 9.22 Å². The molecule has 0 aromatic carbocycles. The highest BCUT2D eigenvalue weighted by Gasteiger charge is 2.53. The Labute approximate surface area is 126 Å². The molecular weight excluding hydrogens is 266 g/mol. The molecule has 0 bridgehead atoms. The fraction of sp³-hybridized carbons (Fsp3) is 0.812. The van der Waals surface area contributed by atoms with Gasteiger partial charge in [0.05, 0.1) is 11.3 Å². The van der Waals surface area contributed by atoms with Crippen LogP contribution in [0.1, 0.15) is 48.0 Å². The van der Waals surface area contributed by atoms with Gasteiger partial charge in [0.25, 0.3) is 0 Å². The van der Waals surface area contributed by atoms with Gasteiger partial charge in [0.2, 0.25) is 0 Å². The van der Waals surface area contributed by atoms with Gasteiger partial charge in [-0.2, -0.15) is 0 Å². The highest BCUT2D eigenvalue weighted by atomic mass is 28.3. The number of nitrogens with zero attached hydrogens (tertiary/aromatic N) is 1. The van der Waals surface area contributed by atoms with Crippen LogP contribution < -0.4 is 0 Å². The number of allylic oxidation sites excluding steroid dienone is 1. The van der Waals surface area contributed by atoms with E-state index in [-0.39, 0.29) is 11.2 Å². The molecular formula is C16H31NO2Si. The van der Waals surface area contributed by atoms with E-state index < -0.39 is 14.6 Å². The molecule has 3 nitrogen and oxygen atoms in total. The number of ketones is 1. The van der Waals surface area contributed by atoms with Gasteiger partial charge in [0.15, 0.2) is 14.8 Å². The van der Waals surface area contributed by atoms with Crippen LogP contribution >= 0.6 is 0 Å². The van der Waals surface area contributed by atoms with Crippen LogP contribution in [0.25, 0.3) is 0 Å². The summed E-state index contributed by atoms with van der Waals surface area (Å²) < 4.78 is 6.45. The molecule has 0 aromatic rings. The number of carbonyl (C=O) groups is 1. The molecule has 20 heavy (non-hydrogen) atoms. The third-order valence-electron chi connectivity index (χ3n) is 4.36. The van der Waals surface area contributed by atoms with Crippen molar-refractivity contribution in [1.82, 2.24) is 4.90 Å². The molecule has 116 valence electrons. The predicted molar refractivity (Wildman–Crippen MR) is 87.4 cm³/mol. The van der Waals surface area contributed by atoms with Gasteiger partial charge in [-0.1, -0.05) is 20.8 Å². The van der Waals surface area contributed by atoms with E-state index in [1.54, 1.807) is 0 Å². The van der Waals surface area contributed by atoms with E-state index in [2.05, 4.69) is 59.5 Å². The molecule has 1 rings (SSSR count). The molecule has 1 aliphatic carbocycles. The van der Waals surface area contributed by atoms with Crippen LogP contribution in [0.2, 0.25) is 13.1 Å². The molecule has 0 aliphatic heterocycles. The highest BCUT2D eigenvalue weighted by Crippen LogP contribution is 2.49. The van der Waals surface area contributed by atoms with Gasteiger partial charge in [-0.3, -0.25) is 4.79 Å². The fourth-order valence-electron chi connectivity index (χ4n) is 3.33. The minimum absolute atomic E-state index is 0.0705. The highest BCUT2D eigenvalue weighted by molar-refractivity contribution is 6.48. The molecule has 0 aromatic heterocycles. The minimum Gasteiger partial charge on any atom is -0.410 e. The maximum Gasteiger partial charge on any atom is 0.182 e. The van der Waals surface area contributed by atoms with Gasteiger partial charge in [-0.05, 0) is 44.9 Å². The molecule has 4 heteroatoms.